The molecule has 0 atom stereocenters. The maximum absolute atomic E-state index is 5.63. The van der Waals surface area contributed by atoms with Crippen molar-refractivity contribution in [2.75, 3.05) is 16.4 Å². The molecule has 0 bridgehead atoms. The molecule has 0 amide bonds. The fourth-order valence-corrected chi connectivity index (χ4v) is 1.67. The van der Waals surface area contributed by atoms with E-state index in [2.05, 4.69) is 36.3 Å². The monoisotopic (exact) mass is 239 g/mol. The number of nitrogens with two attached hydrogens (primary N) is 1. The van der Waals surface area contributed by atoms with Crippen molar-refractivity contribution in [1.82, 2.24) is 0 Å². The summed E-state index contributed by atoms with van der Waals surface area (Å²) in [5.41, 5.74) is 9.56. The van der Waals surface area contributed by atoms with E-state index in [-0.39, 0.29) is 0 Å². The van der Waals surface area contributed by atoms with Crippen LogP contribution in [-0.2, 0) is 0 Å². The summed E-state index contributed by atoms with van der Waals surface area (Å²) in [5, 5.41) is 6.38. The molecule has 0 spiro atoms. The molecule has 0 radical (unpaired) electrons. The number of rotatable bonds is 4. The zero-order valence-corrected chi connectivity index (χ0v) is 10.4. The molecule has 0 unspecified atom stereocenters. The molecule has 2 rings (SSSR count). The average Bonchev–Trinajstić information content (AvgIpc) is 2.32. The number of hydrogen-bond acceptors (Lipinski definition) is 3. The molecule has 3 nitrogen and oxygen atoms in total. The molecule has 2 aromatic carbocycles. The number of benzene rings is 2. The molecule has 18 heavy (non-hydrogen) atoms. The summed E-state index contributed by atoms with van der Waals surface area (Å²) >= 11 is 0. The topological polar surface area (TPSA) is 50.1 Å². The van der Waals surface area contributed by atoms with Crippen LogP contribution in [0, 0.1) is 6.92 Å². The van der Waals surface area contributed by atoms with Gasteiger partial charge < -0.3 is 16.4 Å². The van der Waals surface area contributed by atoms with Crippen molar-refractivity contribution in [3.05, 3.63) is 66.5 Å². The molecule has 0 aromatic heterocycles. The first kappa shape index (κ1) is 12.0. The zero-order valence-electron chi connectivity index (χ0n) is 10.4. The predicted octanol–water partition coefficient (Wildman–Crippen LogP) is 3.57. The number of nitrogens with one attached hydrogen (secondary N) is 2. The van der Waals surface area contributed by atoms with Crippen molar-refractivity contribution >= 4 is 17.1 Å². The van der Waals surface area contributed by atoms with Gasteiger partial charge in [0.05, 0.1) is 0 Å². The predicted molar refractivity (Wildman–Crippen MR) is 78.4 cm³/mol. The first-order chi connectivity index (χ1) is 8.63. The van der Waals surface area contributed by atoms with E-state index in [1.165, 1.54) is 5.56 Å². The van der Waals surface area contributed by atoms with Crippen LogP contribution in [0.2, 0.25) is 0 Å². The fraction of sp³-hybridized carbons (Fsp3) is 0.0667. The minimum atomic E-state index is 0.727. The number of anilines is 3. The fourth-order valence-electron chi connectivity index (χ4n) is 1.67. The lowest BCUT2D eigenvalue weighted by Gasteiger charge is -2.12. The van der Waals surface area contributed by atoms with Crippen LogP contribution in [0.25, 0.3) is 0 Å². The van der Waals surface area contributed by atoms with Crippen LogP contribution in [0.5, 0.6) is 0 Å². The molecule has 0 saturated carbocycles. The molecule has 2 aromatic rings. The van der Waals surface area contributed by atoms with Crippen molar-refractivity contribution in [3.63, 3.8) is 0 Å². The summed E-state index contributed by atoms with van der Waals surface area (Å²) in [4.78, 5) is 0. The third kappa shape index (κ3) is 3.28. The highest BCUT2D eigenvalue weighted by Crippen LogP contribution is 2.15. The van der Waals surface area contributed by atoms with Gasteiger partial charge >= 0.3 is 0 Å². The third-order valence-corrected chi connectivity index (χ3v) is 2.52. The Morgan fingerprint density at radius 2 is 1.67 bits per heavy atom. The van der Waals surface area contributed by atoms with E-state index >= 15 is 0 Å². The van der Waals surface area contributed by atoms with Crippen molar-refractivity contribution in [2.24, 2.45) is 0 Å². The Hall–Kier alpha value is -2.42. The smallest absolute Gasteiger partial charge is 0.100 e. The van der Waals surface area contributed by atoms with Gasteiger partial charge in [0.25, 0.3) is 0 Å². The van der Waals surface area contributed by atoms with Gasteiger partial charge in [-0.2, -0.15) is 0 Å². The maximum atomic E-state index is 5.63. The SMILES string of the molecule is C=C(Nc1ccc(N)cc1)Nc1cccc(C)c1. The molecule has 0 aliphatic carbocycles. The first-order valence-electron chi connectivity index (χ1n) is 5.78. The van der Waals surface area contributed by atoms with Crippen molar-refractivity contribution in [1.29, 1.82) is 0 Å². The molecule has 3 heteroatoms. The summed E-state index contributed by atoms with van der Waals surface area (Å²) in [6, 6.07) is 15.7. The van der Waals surface area contributed by atoms with Crippen LogP contribution in [0.1, 0.15) is 5.56 Å². The lowest BCUT2D eigenvalue weighted by atomic mass is 10.2. The lowest BCUT2D eigenvalue weighted by Crippen LogP contribution is -2.08. The molecular formula is C15H17N3. The van der Waals surface area contributed by atoms with E-state index in [1.807, 2.05) is 36.4 Å². The second kappa shape index (κ2) is 5.27. The van der Waals surface area contributed by atoms with Crippen LogP contribution in [0.3, 0.4) is 0 Å². The van der Waals surface area contributed by atoms with E-state index in [0.29, 0.717) is 0 Å². The zero-order chi connectivity index (χ0) is 13.0. The Labute approximate surface area is 107 Å². The Morgan fingerprint density at radius 1 is 1.00 bits per heavy atom. The number of hydrogen-bond donors (Lipinski definition) is 3. The van der Waals surface area contributed by atoms with Crippen LogP contribution in [-0.4, -0.2) is 0 Å². The third-order valence-electron chi connectivity index (χ3n) is 2.52. The van der Waals surface area contributed by atoms with Gasteiger partial charge in [0, 0.05) is 17.1 Å². The Bertz CT molecular complexity index is 544. The van der Waals surface area contributed by atoms with Crippen LogP contribution in [0.15, 0.2) is 60.9 Å². The van der Waals surface area contributed by atoms with Gasteiger partial charge in [0.15, 0.2) is 0 Å². The second-order valence-corrected chi connectivity index (χ2v) is 4.22. The van der Waals surface area contributed by atoms with E-state index < -0.39 is 0 Å². The lowest BCUT2D eigenvalue weighted by molar-refractivity contribution is 1.36. The van der Waals surface area contributed by atoms with Crippen LogP contribution < -0.4 is 16.4 Å². The normalized spacial score (nSPS) is 9.83. The Balaban J connectivity index is 1.98. The van der Waals surface area contributed by atoms with E-state index in [0.717, 1.165) is 22.9 Å². The molecule has 4 N–H and O–H groups in total. The molecular weight excluding hydrogens is 222 g/mol. The van der Waals surface area contributed by atoms with Gasteiger partial charge in [-0.3, -0.25) is 0 Å². The molecule has 0 heterocycles. The summed E-state index contributed by atoms with van der Waals surface area (Å²) < 4.78 is 0. The van der Waals surface area contributed by atoms with Gasteiger partial charge in [-0.05, 0) is 48.9 Å². The summed E-state index contributed by atoms with van der Waals surface area (Å²) in [6.45, 7) is 6.00. The van der Waals surface area contributed by atoms with Gasteiger partial charge in [0.1, 0.15) is 5.82 Å². The summed E-state index contributed by atoms with van der Waals surface area (Å²) in [7, 11) is 0. The molecule has 92 valence electrons. The van der Waals surface area contributed by atoms with E-state index in [4.69, 9.17) is 5.73 Å². The highest BCUT2D eigenvalue weighted by atomic mass is 15.1. The van der Waals surface area contributed by atoms with Crippen molar-refractivity contribution in [3.8, 4) is 0 Å². The quantitative estimate of drug-likeness (QED) is 0.715. The molecule has 0 aliphatic rings. The summed E-state index contributed by atoms with van der Waals surface area (Å²) in [5.74, 6) is 0.727. The Kier molecular flexibility index (Phi) is 3.53. The van der Waals surface area contributed by atoms with Crippen LogP contribution >= 0.6 is 0 Å². The Morgan fingerprint density at radius 3 is 2.33 bits per heavy atom. The first-order valence-corrected chi connectivity index (χ1v) is 5.78. The van der Waals surface area contributed by atoms with Crippen LogP contribution in [0.4, 0.5) is 17.1 Å². The molecule has 0 saturated heterocycles. The van der Waals surface area contributed by atoms with E-state index in [1.54, 1.807) is 0 Å². The highest BCUT2D eigenvalue weighted by molar-refractivity contribution is 5.58. The second-order valence-electron chi connectivity index (χ2n) is 4.22. The average molecular weight is 239 g/mol. The van der Waals surface area contributed by atoms with Gasteiger partial charge in [-0.1, -0.05) is 18.7 Å². The van der Waals surface area contributed by atoms with E-state index in [9.17, 15) is 0 Å². The van der Waals surface area contributed by atoms with Crippen molar-refractivity contribution in [2.45, 2.75) is 6.92 Å². The largest absolute Gasteiger partial charge is 0.399 e. The molecule has 0 fully saturated rings. The van der Waals surface area contributed by atoms with Gasteiger partial charge in [0.2, 0.25) is 0 Å². The number of nitrogen functional groups attached to an aromatic ring is 1. The van der Waals surface area contributed by atoms with Crippen molar-refractivity contribution < 1.29 is 0 Å². The standard InChI is InChI=1S/C15H17N3/c1-11-4-3-5-15(10-11)18-12(2)17-14-8-6-13(16)7-9-14/h3-10,17-18H,2,16H2,1H3. The minimum absolute atomic E-state index is 0.727. The highest BCUT2D eigenvalue weighted by Gasteiger charge is 1.97. The maximum Gasteiger partial charge on any atom is 0.100 e. The van der Waals surface area contributed by atoms with Gasteiger partial charge in [-0.25, -0.2) is 0 Å². The minimum Gasteiger partial charge on any atom is -0.399 e. The molecule has 0 aliphatic heterocycles. The number of aryl methyl sites for hydroxylation is 1. The summed E-state index contributed by atoms with van der Waals surface area (Å²) in [6.07, 6.45) is 0. The van der Waals surface area contributed by atoms with Gasteiger partial charge in [-0.15, -0.1) is 0 Å².